The smallest absolute Gasteiger partial charge is 0.136 e. The first kappa shape index (κ1) is 14.7. The molecule has 0 aliphatic carbocycles. The average molecular weight is 588 g/mol. The predicted molar refractivity (Wildman–Crippen MR) is 190 cm³/mol. The van der Waals surface area contributed by atoms with Crippen LogP contribution in [0.1, 0.15) is 20.6 Å². The maximum atomic E-state index is 9.98. The minimum absolute atomic E-state index is 0.0182. The second-order valence-electron chi connectivity index (χ2n) is 10.5. The largest absolute Gasteiger partial charge is 0.456 e. The molecule has 0 fully saturated rings. The van der Waals surface area contributed by atoms with Gasteiger partial charge in [-0.2, -0.15) is 0 Å². The lowest BCUT2D eigenvalue weighted by atomic mass is 9.83. The topological polar surface area (TPSA) is 13.1 Å². The fraction of sp³-hybridized carbons (Fsp3) is 0. The Hall–Kier alpha value is -5.92. The third kappa shape index (κ3) is 4.17. The van der Waals surface area contributed by atoms with E-state index >= 15 is 0 Å². The van der Waals surface area contributed by atoms with Gasteiger partial charge in [0.25, 0.3) is 0 Å². The summed E-state index contributed by atoms with van der Waals surface area (Å²) in [5, 5.41) is 1.57. The fourth-order valence-corrected chi connectivity index (χ4v) is 6.05. The molecule has 1 nitrogen and oxygen atoms in total. The van der Waals surface area contributed by atoms with E-state index < -0.39 is 72.0 Å². The molecule has 0 aliphatic heterocycles. The Labute approximate surface area is 282 Å². The molecule has 8 aromatic carbocycles. The summed E-state index contributed by atoms with van der Waals surface area (Å²) in [5.74, 6) is 0. The SMILES string of the molecule is [2H]c1c([2H])c([2H])c(-c2c([2H])c(-c3c4ccccc4c(-c4c([2H])c([2H])c([2H])c(-c5ccccc5)c4[2H])c4ccccc34)c3c(oc4c([2H])c([2H])c([2H])c([2H])c43)c2[2H])c([2H])c1[2H]. The van der Waals surface area contributed by atoms with Gasteiger partial charge in [0, 0.05) is 10.8 Å². The average Bonchev–Trinajstić information content (AvgIpc) is 3.66. The van der Waals surface area contributed by atoms with Gasteiger partial charge in [-0.1, -0.05) is 145 Å². The second-order valence-corrected chi connectivity index (χ2v) is 10.5. The Morgan fingerprint density at radius 2 is 0.978 bits per heavy atom. The van der Waals surface area contributed by atoms with Crippen molar-refractivity contribution in [3.8, 4) is 44.5 Å². The molecule has 0 N–H and O–H groups in total. The molecule has 0 amide bonds. The van der Waals surface area contributed by atoms with E-state index in [1.54, 1.807) is 78.9 Å². The summed E-state index contributed by atoms with van der Waals surface area (Å²) in [5.41, 5.74) is -0.0323. The number of benzene rings is 8. The Morgan fingerprint density at radius 3 is 1.71 bits per heavy atom. The summed E-state index contributed by atoms with van der Waals surface area (Å²) in [6, 6.07) is 14.7. The Bertz CT molecular complexity index is 3290. The molecule has 45 heavy (non-hydrogen) atoms. The molecular weight excluding hydrogens is 544 g/mol. The molecule has 1 heterocycles. The maximum Gasteiger partial charge on any atom is 0.136 e. The fourth-order valence-electron chi connectivity index (χ4n) is 6.05. The van der Waals surface area contributed by atoms with Crippen molar-refractivity contribution in [2.24, 2.45) is 0 Å². The third-order valence-corrected chi connectivity index (χ3v) is 7.94. The molecule has 0 saturated carbocycles. The standard InChI is InChI=1S/C44H28O/c1-3-14-29(15-4-1)31-18-13-19-32(26-31)42-34-20-7-9-22-36(34)43(37-23-10-8-21-35(37)42)39-27-33(30-16-5-2-6-17-30)28-41-44(39)38-24-11-12-25-40(38)45-41/h1-28H/i2D,5D,6D,11D,12D,13D,16D,17D,18D,19D,24D,25D,26D,27D,28D. The van der Waals surface area contributed by atoms with Gasteiger partial charge in [0.2, 0.25) is 0 Å². The maximum absolute atomic E-state index is 9.98. The van der Waals surface area contributed by atoms with E-state index in [1.807, 2.05) is 0 Å². The lowest BCUT2D eigenvalue weighted by molar-refractivity contribution is 0.669. The summed E-state index contributed by atoms with van der Waals surface area (Å²) >= 11 is 0. The van der Waals surface area contributed by atoms with Gasteiger partial charge in [-0.05, 0) is 90.2 Å². The van der Waals surface area contributed by atoms with Gasteiger partial charge in [0.15, 0.2) is 0 Å². The summed E-state index contributed by atoms with van der Waals surface area (Å²) in [4.78, 5) is 0. The molecule has 0 bridgehead atoms. The van der Waals surface area contributed by atoms with E-state index in [1.165, 1.54) is 0 Å². The molecule has 1 aromatic heterocycles. The molecule has 0 unspecified atom stereocenters. The highest BCUT2D eigenvalue weighted by Crippen LogP contribution is 2.48. The van der Waals surface area contributed by atoms with Gasteiger partial charge in [-0.25, -0.2) is 0 Å². The van der Waals surface area contributed by atoms with Crippen molar-refractivity contribution in [2.45, 2.75) is 0 Å². The Balaban J connectivity index is 1.54. The number of hydrogen-bond donors (Lipinski definition) is 0. The second kappa shape index (κ2) is 10.4. The first-order valence-electron chi connectivity index (χ1n) is 21.7. The van der Waals surface area contributed by atoms with Gasteiger partial charge >= 0.3 is 0 Å². The van der Waals surface area contributed by atoms with E-state index in [0.717, 1.165) is 0 Å². The van der Waals surface area contributed by atoms with E-state index in [9.17, 15) is 5.48 Å². The van der Waals surface area contributed by atoms with Crippen LogP contribution in [0.4, 0.5) is 0 Å². The number of hydrogen-bond acceptors (Lipinski definition) is 1. The minimum Gasteiger partial charge on any atom is -0.456 e. The number of fused-ring (bicyclic) bond motifs is 5. The van der Waals surface area contributed by atoms with E-state index in [-0.39, 0.29) is 68.4 Å². The van der Waals surface area contributed by atoms with Gasteiger partial charge in [-0.3, -0.25) is 0 Å². The normalized spacial score (nSPS) is 16.2. The first-order valence-corrected chi connectivity index (χ1v) is 14.2. The Kier molecular flexibility index (Phi) is 3.39. The van der Waals surface area contributed by atoms with Crippen LogP contribution < -0.4 is 0 Å². The van der Waals surface area contributed by atoms with Crippen LogP contribution in [-0.4, -0.2) is 0 Å². The zero-order chi connectivity index (χ0) is 42.8. The minimum atomic E-state index is -0.699. The van der Waals surface area contributed by atoms with Crippen molar-refractivity contribution < 1.29 is 25.0 Å². The monoisotopic (exact) mass is 587 g/mol. The molecular formula is C44H28O. The lowest BCUT2D eigenvalue weighted by Crippen LogP contribution is -1.92. The summed E-state index contributed by atoms with van der Waals surface area (Å²) < 4.78 is 140. The summed E-state index contributed by atoms with van der Waals surface area (Å²) in [6.45, 7) is 0. The van der Waals surface area contributed by atoms with Crippen molar-refractivity contribution in [3.05, 3.63) is 169 Å². The van der Waals surface area contributed by atoms with Crippen molar-refractivity contribution in [1.29, 1.82) is 0 Å². The van der Waals surface area contributed by atoms with Crippen LogP contribution in [0.3, 0.4) is 0 Å². The zero-order valence-electron chi connectivity index (χ0n) is 38.4. The van der Waals surface area contributed by atoms with E-state index in [0.29, 0.717) is 38.2 Å². The van der Waals surface area contributed by atoms with Crippen LogP contribution in [0, 0.1) is 0 Å². The van der Waals surface area contributed by atoms with Crippen LogP contribution in [0.15, 0.2) is 174 Å². The van der Waals surface area contributed by atoms with Crippen LogP contribution in [0.25, 0.3) is 88.0 Å². The first-order chi connectivity index (χ1) is 28.6. The lowest BCUT2D eigenvalue weighted by Gasteiger charge is -2.19. The number of rotatable bonds is 4. The zero-order valence-corrected chi connectivity index (χ0v) is 23.4. The van der Waals surface area contributed by atoms with Gasteiger partial charge in [-0.15, -0.1) is 0 Å². The van der Waals surface area contributed by atoms with Crippen LogP contribution in [-0.2, 0) is 0 Å². The molecule has 0 spiro atoms. The molecule has 0 aliphatic rings. The van der Waals surface area contributed by atoms with E-state index in [4.69, 9.17) is 19.5 Å². The highest BCUT2D eigenvalue weighted by molar-refractivity contribution is 6.26. The summed E-state index contributed by atoms with van der Waals surface area (Å²) in [6.07, 6.45) is 0. The van der Waals surface area contributed by atoms with Crippen LogP contribution in [0.5, 0.6) is 0 Å². The predicted octanol–water partition coefficient (Wildman–Crippen LogP) is 12.6. The van der Waals surface area contributed by atoms with Crippen LogP contribution in [0.2, 0.25) is 0 Å². The molecule has 1 heteroatoms. The molecule has 9 rings (SSSR count). The highest BCUT2D eigenvalue weighted by atomic mass is 16.3. The third-order valence-electron chi connectivity index (χ3n) is 7.94. The van der Waals surface area contributed by atoms with Gasteiger partial charge in [0.05, 0.1) is 20.6 Å². The summed E-state index contributed by atoms with van der Waals surface area (Å²) in [7, 11) is 0. The van der Waals surface area contributed by atoms with Crippen molar-refractivity contribution >= 4 is 43.5 Å². The van der Waals surface area contributed by atoms with Crippen molar-refractivity contribution in [1.82, 2.24) is 0 Å². The molecule has 210 valence electrons. The quantitative estimate of drug-likeness (QED) is 0.187. The van der Waals surface area contributed by atoms with E-state index in [2.05, 4.69) is 0 Å². The van der Waals surface area contributed by atoms with Crippen LogP contribution >= 0.6 is 0 Å². The number of furan rings is 1. The van der Waals surface area contributed by atoms with Gasteiger partial charge in [0.1, 0.15) is 11.2 Å². The van der Waals surface area contributed by atoms with Crippen molar-refractivity contribution in [2.75, 3.05) is 0 Å². The highest BCUT2D eigenvalue weighted by Gasteiger charge is 2.21. The Morgan fingerprint density at radius 1 is 0.378 bits per heavy atom. The molecule has 0 radical (unpaired) electrons. The van der Waals surface area contributed by atoms with Gasteiger partial charge < -0.3 is 4.42 Å². The molecule has 0 atom stereocenters. The van der Waals surface area contributed by atoms with Crippen molar-refractivity contribution in [3.63, 3.8) is 0 Å². The number of para-hydroxylation sites is 1. The molecule has 9 aromatic rings. The molecule has 0 saturated heterocycles.